The third-order valence-corrected chi connectivity index (χ3v) is 5.07. The zero-order valence-corrected chi connectivity index (χ0v) is 14.4. The number of H-pyrrole nitrogens is 1. The van der Waals surface area contributed by atoms with E-state index in [0.717, 1.165) is 35.9 Å². The van der Waals surface area contributed by atoms with Gasteiger partial charge in [0.05, 0.1) is 6.04 Å². The summed E-state index contributed by atoms with van der Waals surface area (Å²) in [6.07, 6.45) is 3.00. The van der Waals surface area contributed by atoms with E-state index in [1.165, 1.54) is 0 Å². The number of aromatic amines is 1. The molecule has 0 aliphatic carbocycles. The van der Waals surface area contributed by atoms with Gasteiger partial charge < -0.3 is 15.6 Å². The zero-order valence-electron chi connectivity index (χ0n) is 14.4. The van der Waals surface area contributed by atoms with Crippen LogP contribution in [0.2, 0.25) is 0 Å². The molecule has 1 fully saturated rings. The van der Waals surface area contributed by atoms with Crippen LogP contribution in [0, 0.1) is 0 Å². The van der Waals surface area contributed by atoms with Crippen molar-refractivity contribution in [2.75, 3.05) is 6.54 Å². The second-order valence-corrected chi connectivity index (χ2v) is 6.77. The van der Waals surface area contributed by atoms with Crippen LogP contribution in [0.25, 0.3) is 10.9 Å². The van der Waals surface area contributed by atoms with Gasteiger partial charge in [0.2, 0.25) is 5.91 Å². The topological polar surface area (TPSA) is 79.2 Å². The predicted octanol–water partition coefficient (Wildman–Crippen LogP) is 3.63. The van der Waals surface area contributed by atoms with Crippen LogP contribution in [0.4, 0.5) is 0 Å². The summed E-state index contributed by atoms with van der Waals surface area (Å²) in [4.78, 5) is 29.9. The fraction of sp³-hybridized carbons (Fsp3) is 0.238. The number of aromatic nitrogens is 1. The lowest BCUT2D eigenvalue weighted by Crippen LogP contribution is -2.38. The van der Waals surface area contributed by atoms with E-state index in [9.17, 15) is 9.59 Å². The molecule has 0 unspecified atom stereocenters. The number of hydrogen-bond acceptors (Lipinski definition) is 2. The molecule has 2 amide bonds. The van der Waals surface area contributed by atoms with E-state index >= 15 is 0 Å². The molecule has 3 N–H and O–H groups in total. The number of nitrogens with zero attached hydrogens (tertiary/aromatic N) is 1. The van der Waals surface area contributed by atoms with Crippen LogP contribution in [0.5, 0.6) is 0 Å². The molecule has 5 heteroatoms. The summed E-state index contributed by atoms with van der Waals surface area (Å²) in [7, 11) is 0. The Hall–Kier alpha value is -3.08. The summed E-state index contributed by atoms with van der Waals surface area (Å²) in [5.41, 5.74) is 8.35. The van der Waals surface area contributed by atoms with Crippen molar-refractivity contribution < 1.29 is 9.59 Å². The minimum absolute atomic E-state index is 0.0147. The molecular formula is C21H21N3O2. The van der Waals surface area contributed by atoms with Gasteiger partial charge in [0.1, 0.15) is 0 Å². The van der Waals surface area contributed by atoms with E-state index in [2.05, 4.69) is 17.1 Å². The van der Waals surface area contributed by atoms with Gasteiger partial charge in [0, 0.05) is 28.9 Å². The van der Waals surface area contributed by atoms with Crippen molar-refractivity contribution in [1.82, 2.24) is 9.88 Å². The normalized spacial score (nSPS) is 17.4. The van der Waals surface area contributed by atoms with Crippen LogP contribution in [0.3, 0.4) is 0 Å². The van der Waals surface area contributed by atoms with Gasteiger partial charge in [-0.1, -0.05) is 24.3 Å². The Morgan fingerprint density at radius 2 is 1.81 bits per heavy atom. The standard InChI is InChI=1S/C21H21N3O2/c22-20(25)15-7-5-8-16(12-15)21(26)24-11-4-3-10-19(24)18-13-14-6-1-2-9-17(14)23-18/h1-2,5-9,12-13,19,23H,3-4,10-11H2,(H2,22,25)/t19-/m1/s1. The van der Waals surface area contributed by atoms with Gasteiger partial charge in [-0.25, -0.2) is 0 Å². The number of rotatable bonds is 3. The molecule has 26 heavy (non-hydrogen) atoms. The maximum absolute atomic E-state index is 13.1. The van der Waals surface area contributed by atoms with E-state index in [1.54, 1.807) is 24.3 Å². The quantitative estimate of drug-likeness (QED) is 0.759. The van der Waals surface area contributed by atoms with E-state index < -0.39 is 5.91 Å². The second kappa shape index (κ2) is 6.67. The summed E-state index contributed by atoms with van der Waals surface area (Å²) >= 11 is 0. The van der Waals surface area contributed by atoms with Crippen molar-refractivity contribution in [3.8, 4) is 0 Å². The molecule has 4 rings (SSSR count). The molecule has 1 atom stereocenters. The molecule has 2 aromatic carbocycles. The Labute approximate surface area is 151 Å². The molecule has 1 saturated heterocycles. The van der Waals surface area contributed by atoms with E-state index in [-0.39, 0.29) is 11.9 Å². The molecule has 1 aliphatic rings. The third kappa shape index (κ3) is 2.96. The van der Waals surface area contributed by atoms with Crippen LogP contribution in [0.15, 0.2) is 54.6 Å². The SMILES string of the molecule is NC(=O)c1cccc(C(=O)N2CCCC[C@@H]2c2cc3ccccc3[nH]2)c1. The first-order chi connectivity index (χ1) is 12.6. The Bertz CT molecular complexity index is 943. The van der Waals surface area contributed by atoms with Crippen molar-refractivity contribution in [1.29, 1.82) is 0 Å². The highest BCUT2D eigenvalue weighted by Crippen LogP contribution is 2.33. The Balaban J connectivity index is 1.67. The van der Waals surface area contributed by atoms with Gasteiger partial charge in [-0.3, -0.25) is 9.59 Å². The smallest absolute Gasteiger partial charge is 0.254 e. The molecule has 2 heterocycles. The second-order valence-electron chi connectivity index (χ2n) is 6.77. The highest BCUT2D eigenvalue weighted by atomic mass is 16.2. The molecule has 5 nitrogen and oxygen atoms in total. The van der Waals surface area contributed by atoms with Crippen molar-refractivity contribution >= 4 is 22.7 Å². The fourth-order valence-electron chi connectivity index (χ4n) is 3.74. The van der Waals surface area contributed by atoms with Gasteiger partial charge in [-0.05, 0) is 55.0 Å². The van der Waals surface area contributed by atoms with Crippen molar-refractivity contribution in [3.63, 3.8) is 0 Å². The largest absolute Gasteiger partial charge is 0.366 e. The molecule has 3 aromatic rings. The maximum Gasteiger partial charge on any atom is 0.254 e. The van der Waals surface area contributed by atoms with Crippen molar-refractivity contribution in [2.45, 2.75) is 25.3 Å². The van der Waals surface area contributed by atoms with Gasteiger partial charge in [-0.2, -0.15) is 0 Å². The van der Waals surface area contributed by atoms with Crippen LogP contribution < -0.4 is 5.73 Å². The van der Waals surface area contributed by atoms with E-state index in [1.807, 2.05) is 23.1 Å². The number of fused-ring (bicyclic) bond motifs is 1. The van der Waals surface area contributed by atoms with Crippen molar-refractivity contribution in [3.05, 3.63) is 71.4 Å². The van der Waals surface area contributed by atoms with Crippen molar-refractivity contribution in [2.24, 2.45) is 5.73 Å². The Morgan fingerprint density at radius 1 is 1.00 bits per heavy atom. The fourth-order valence-corrected chi connectivity index (χ4v) is 3.74. The number of amides is 2. The van der Waals surface area contributed by atoms with E-state index in [0.29, 0.717) is 17.7 Å². The summed E-state index contributed by atoms with van der Waals surface area (Å²) in [5, 5.41) is 1.15. The molecule has 132 valence electrons. The van der Waals surface area contributed by atoms with Gasteiger partial charge in [0.15, 0.2) is 0 Å². The summed E-state index contributed by atoms with van der Waals surface area (Å²) in [6.45, 7) is 0.708. The van der Waals surface area contributed by atoms with Crippen LogP contribution in [-0.4, -0.2) is 28.2 Å². The highest BCUT2D eigenvalue weighted by molar-refractivity contribution is 5.99. The Kier molecular flexibility index (Phi) is 4.21. The molecular weight excluding hydrogens is 326 g/mol. The van der Waals surface area contributed by atoms with E-state index in [4.69, 9.17) is 5.73 Å². The number of benzene rings is 2. The lowest BCUT2D eigenvalue weighted by atomic mass is 9.97. The zero-order chi connectivity index (χ0) is 18.1. The first kappa shape index (κ1) is 16.4. The number of likely N-dealkylation sites (tertiary alicyclic amines) is 1. The third-order valence-electron chi connectivity index (χ3n) is 5.07. The summed E-state index contributed by atoms with van der Waals surface area (Å²) in [5.74, 6) is -0.582. The molecule has 1 aromatic heterocycles. The van der Waals surface area contributed by atoms with Crippen LogP contribution in [0.1, 0.15) is 51.7 Å². The first-order valence-corrected chi connectivity index (χ1v) is 8.92. The number of carbonyl (C=O) groups is 2. The molecule has 0 bridgehead atoms. The Morgan fingerprint density at radius 3 is 2.62 bits per heavy atom. The lowest BCUT2D eigenvalue weighted by molar-refractivity contribution is 0.0607. The van der Waals surface area contributed by atoms with Gasteiger partial charge in [-0.15, -0.1) is 0 Å². The van der Waals surface area contributed by atoms with Gasteiger partial charge in [0.25, 0.3) is 5.91 Å². The summed E-state index contributed by atoms with van der Waals surface area (Å²) in [6, 6.07) is 16.9. The predicted molar refractivity (Wildman–Crippen MR) is 101 cm³/mol. The van der Waals surface area contributed by atoms with Crippen LogP contribution >= 0.6 is 0 Å². The minimum Gasteiger partial charge on any atom is -0.366 e. The number of carbonyl (C=O) groups excluding carboxylic acids is 2. The number of piperidine rings is 1. The number of hydrogen-bond donors (Lipinski definition) is 2. The summed E-state index contributed by atoms with van der Waals surface area (Å²) < 4.78 is 0. The average molecular weight is 347 g/mol. The minimum atomic E-state index is -0.523. The first-order valence-electron chi connectivity index (χ1n) is 8.92. The average Bonchev–Trinajstić information content (AvgIpc) is 3.11. The number of primary amides is 1. The number of nitrogens with two attached hydrogens (primary N) is 1. The lowest BCUT2D eigenvalue weighted by Gasteiger charge is -2.35. The number of para-hydroxylation sites is 1. The highest BCUT2D eigenvalue weighted by Gasteiger charge is 2.30. The molecule has 1 aliphatic heterocycles. The van der Waals surface area contributed by atoms with Gasteiger partial charge >= 0.3 is 0 Å². The molecule has 0 radical (unpaired) electrons. The number of nitrogens with one attached hydrogen (secondary N) is 1. The monoisotopic (exact) mass is 347 g/mol. The maximum atomic E-state index is 13.1. The molecule has 0 saturated carbocycles. The molecule has 0 spiro atoms. The van der Waals surface area contributed by atoms with Crippen LogP contribution in [-0.2, 0) is 0 Å².